The summed E-state index contributed by atoms with van der Waals surface area (Å²) in [5.74, 6) is 4.77. The molecule has 0 aromatic heterocycles. The standard InChI is InChI=1S/C27H42O2.C2H6/c1-19(2)5-8-21(4)22-15-17-26(18-16-22)29-27(28)25-13-11-24(12-14-25)23-9-6-20(3)7-10-23;1-2/h15-21,23-25H,5-14H2,1-4H3;1-2H3. The first-order chi connectivity index (χ1) is 14.9. The number of benzene rings is 1. The Morgan fingerprint density at radius 1 is 0.839 bits per heavy atom. The zero-order valence-electron chi connectivity index (χ0n) is 21.2. The molecule has 0 N–H and O–H groups in total. The number of hydrogen-bond acceptors (Lipinski definition) is 2. The quantitative estimate of drug-likeness (QED) is 0.320. The largest absolute Gasteiger partial charge is 0.426 e. The van der Waals surface area contributed by atoms with E-state index in [1.54, 1.807) is 0 Å². The molecule has 31 heavy (non-hydrogen) atoms. The van der Waals surface area contributed by atoms with Crippen LogP contribution in [0.2, 0.25) is 0 Å². The third-order valence-electron chi connectivity index (χ3n) is 7.68. The first-order valence-corrected chi connectivity index (χ1v) is 13.2. The van der Waals surface area contributed by atoms with Crippen molar-refractivity contribution < 1.29 is 9.53 Å². The van der Waals surface area contributed by atoms with Gasteiger partial charge in [-0.1, -0.05) is 72.9 Å². The molecule has 0 spiro atoms. The fourth-order valence-electron chi connectivity index (χ4n) is 5.40. The average Bonchev–Trinajstić information content (AvgIpc) is 2.80. The summed E-state index contributed by atoms with van der Waals surface area (Å²) in [6.07, 6.45) is 12.5. The fraction of sp³-hybridized carbons (Fsp3) is 0.759. The lowest BCUT2D eigenvalue weighted by Gasteiger charge is -2.36. The van der Waals surface area contributed by atoms with Crippen LogP contribution in [0.1, 0.15) is 117 Å². The first-order valence-electron chi connectivity index (χ1n) is 13.2. The highest BCUT2D eigenvalue weighted by molar-refractivity contribution is 5.75. The van der Waals surface area contributed by atoms with Gasteiger partial charge in [0, 0.05) is 0 Å². The molecule has 3 rings (SSSR count). The second-order valence-electron chi connectivity index (χ2n) is 10.5. The van der Waals surface area contributed by atoms with Crippen LogP contribution in [-0.2, 0) is 4.79 Å². The Hall–Kier alpha value is -1.31. The molecule has 1 aromatic carbocycles. The summed E-state index contributed by atoms with van der Waals surface area (Å²) in [6.45, 7) is 13.2. The summed E-state index contributed by atoms with van der Waals surface area (Å²) in [5, 5.41) is 0. The summed E-state index contributed by atoms with van der Waals surface area (Å²) < 4.78 is 5.74. The molecule has 176 valence electrons. The van der Waals surface area contributed by atoms with Crippen molar-refractivity contribution in [2.24, 2.45) is 29.6 Å². The molecule has 1 atom stereocenters. The van der Waals surface area contributed by atoms with E-state index in [4.69, 9.17) is 4.74 Å². The Kier molecular flexibility index (Phi) is 11.1. The topological polar surface area (TPSA) is 26.3 Å². The molecule has 1 unspecified atom stereocenters. The van der Waals surface area contributed by atoms with Gasteiger partial charge in [0.25, 0.3) is 0 Å². The van der Waals surface area contributed by atoms with E-state index in [1.165, 1.54) is 56.9 Å². The van der Waals surface area contributed by atoms with E-state index in [1.807, 2.05) is 26.0 Å². The van der Waals surface area contributed by atoms with Gasteiger partial charge < -0.3 is 4.74 Å². The van der Waals surface area contributed by atoms with Gasteiger partial charge in [-0.25, -0.2) is 0 Å². The van der Waals surface area contributed by atoms with Crippen molar-refractivity contribution in [2.45, 2.75) is 112 Å². The minimum absolute atomic E-state index is 0.0127. The Morgan fingerprint density at radius 2 is 1.35 bits per heavy atom. The zero-order valence-corrected chi connectivity index (χ0v) is 21.2. The molecule has 2 aliphatic rings. The molecule has 2 aliphatic carbocycles. The Labute approximate surface area is 192 Å². The molecule has 2 saturated carbocycles. The molecule has 2 nitrogen and oxygen atoms in total. The highest BCUT2D eigenvalue weighted by atomic mass is 16.5. The molecule has 1 aromatic rings. The van der Waals surface area contributed by atoms with E-state index in [0.29, 0.717) is 11.7 Å². The summed E-state index contributed by atoms with van der Waals surface area (Å²) in [6, 6.07) is 8.23. The maximum atomic E-state index is 12.7. The molecule has 2 fully saturated rings. The second-order valence-corrected chi connectivity index (χ2v) is 10.5. The van der Waals surface area contributed by atoms with Gasteiger partial charge in [0.15, 0.2) is 0 Å². The normalized spacial score (nSPS) is 27.2. The summed E-state index contributed by atoms with van der Waals surface area (Å²) in [4.78, 5) is 12.7. The average molecular weight is 429 g/mol. The van der Waals surface area contributed by atoms with Crippen LogP contribution in [0.15, 0.2) is 24.3 Å². The number of esters is 1. The lowest BCUT2D eigenvalue weighted by molar-refractivity contribution is -0.140. The predicted octanol–water partition coefficient (Wildman–Crippen LogP) is 8.79. The van der Waals surface area contributed by atoms with Crippen molar-refractivity contribution >= 4 is 5.97 Å². The van der Waals surface area contributed by atoms with Crippen molar-refractivity contribution in [1.82, 2.24) is 0 Å². The molecule has 2 heteroatoms. The number of carbonyl (C=O) groups is 1. The number of carbonyl (C=O) groups excluding carboxylic acids is 1. The fourth-order valence-corrected chi connectivity index (χ4v) is 5.40. The van der Waals surface area contributed by atoms with Crippen LogP contribution >= 0.6 is 0 Å². The van der Waals surface area contributed by atoms with Crippen molar-refractivity contribution in [3.63, 3.8) is 0 Å². The highest BCUT2D eigenvalue weighted by Gasteiger charge is 2.33. The van der Waals surface area contributed by atoms with Crippen molar-refractivity contribution in [3.05, 3.63) is 29.8 Å². The van der Waals surface area contributed by atoms with E-state index < -0.39 is 0 Å². The van der Waals surface area contributed by atoms with E-state index in [9.17, 15) is 4.79 Å². The maximum absolute atomic E-state index is 12.7. The SMILES string of the molecule is CC.CC(C)CCC(C)c1ccc(OC(=O)C2CCC(C3CCC(C)CC3)CC2)cc1. The van der Waals surface area contributed by atoms with Gasteiger partial charge in [-0.3, -0.25) is 4.79 Å². The molecule has 0 bridgehead atoms. The van der Waals surface area contributed by atoms with E-state index in [2.05, 4.69) is 39.8 Å². The maximum Gasteiger partial charge on any atom is 0.314 e. The Balaban J connectivity index is 0.00000166. The van der Waals surface area contributed by atoms with E-state index in [0.717, 1.165) is 36.5 Å². The zero-order chi connectivity index (χ0) is 22.8. The monoisotopic (exact) mass is 428 g/mol. The summed E-state index contributed by atoms with van der Waals surface area (Å²) in [7, 11) is 0. The molecule has 0 heterocycles. The van der Waals surface area contributed by atoms with E-state index >= 15 is 0 Å². The van der Waals surface area contributed by atoms with Gasteiger partial charge in [0.05, 0.1) is 5.92 Å². The van der Waals surface area contributed by atoms with Crippen LogP contribution in [-0.4, -0.2) is 5.97 Å². The Bertz CT molecular complexity index is 617. The van der Waals surface area contributed by atoms with Gasteiger partial charge in [-0.05, 0) is 92.2 Å². The van der Waals surface area contributed by atoms with Gasteiger partial charge >= 0.3 is 5.97 Å². The minimum Gasteiger partial charge on any atom is -0.426 e. The molecular weight excluding hydrogens is 380 g/mol. The van der Waals surface area contributed by atoms with E-state index in [-0.39, 0.29) is 11.9 Å². The number of ether oxygens (including phenoxy) is 1. The van der Waals surface area contributed by atoms with Crippen LogP contribution in [0.3, 0.4) is 0 Å². The minimum atomic E-state index is -0.0127. The van der Waals surface area contributed by atoms with Crippen LogP contribution < -0.4 is 4.74 Å². The highest BCUT2D eigenvalue weighted by Crippen LogP contribution is 2.41. The van der Waals surface area contributed by atoms with Crippen LogP contribution in [0.4, 0.5) is 0 Å². The molecule has 0 radical (unpaired) electrons. The summed E-state index contributed by atoms with van der Waals surface area (Å²) in [5.41, 5.74) is 1.34. The van der Waals surface area contributed by atoms with Crippen LogP contribution in [0, 0.1) is 29.6 Å². The first kappa shape index (κ1) is 25.9. The molecule has 0 amide bonds. The summed E-state index contributed by atoms with van der Waals surface area (Å²) >= 11 is 0. The number of hydrogen-bond donors (Lipinski definition) is 0. The molecule has 0 saturated heterocycles. The van der Waals surface area contributed by atoms with Crippen molar-refractivity contribution in [2.75, 3.05) is 0 Å². The van der Waals surface area contributed by atoms with Gasteiger partial charge in [-0.2, -0.15) is 0 Å². The predicted molar refractivity (Wildman–Crippen MR) is 132 cm³/mol. The third kappa shape index (κ3) is 8.28. The van der Waals surface area contributed by atoms with Gasteiger partial charge in [-0.15, -0.1) is 0 Å². The molecule has 0 aliphatic heterocycles. The lowest BCUT2D eigenvalue weighted by atomic mass is 9.69. The molecular formula is C29H48O2. The van der Waals surface area contributed by atoms with Crippen LogP contribution in [0.5, 0.6) is 5.75 Å². The lowest BCUT2D eigenvalue weighted by Crippen LogP contribution is -2.29. The van der Waals surface area contributed by atoms with Crippen molar-refractivity contribution in [1.29, 1.82) is 0 Å². The smallest absolute Gasteiger partial charge is 0.314 e. The van der Waals surface area contributed by atoms with Crippen LogP contribution in [0.25, 0.3) is 0 Å². The second kappa shape index (κ2) is 13.3. The third-order valence-corrected chi connectivity index (χ3v) is 7.68. The number of rotatable bonds is 7. The van der Waals surface area contributed by atoms with Gasteiger partial charge in [0.2, 0.25) is 0 Å². The van der Waals surface area contributed by atoms with Crippen molar-refractivity contribution in [3.8, 4) is 5.75 Å². The Morgan fingerprint density at radius 3 is 1.87 bits per heavy atom. The van der Waals surface area contributed by atoms with Gasteiger partial charge in [0.1, 0.15) is 5.75 Å².